The molecule has 1 nitrogen and oxygen atoms in total. The summed E-state index contributed by atoms with van der Waals surface area (Å²) in [6.07, 6.45) is 10.4. The fourth-order valence-corrected chi connectivity index (χ4v) is 3.37. The van der Waals surface area contributed by atoms with Gasteiger partial charge in [-0.15, -0.1) is 0 Å². The van der Waals surface area contributed by atoms with Gasteiger partial charge >= 0.3 is 0 Å². The van der Waals surface area contributed by atoms with Crippen LogP contribution in [0.25, 0.3) is 0 Å². The molecule has 0 saturated carbocycles. The lowest BCUT2D eigenvalue weighted by Crippen LogP contribution is -2.14. The molecule has 2 aromatic rings. The zero-order valence-corrected chi connectivity index (χ0v) is 16.6. The number of carbonyl (C=O) groups is 1. The van der Waals surface area contributed by atoms with Crippen molar-refractivity contribution < 1.29 is 4.79 Å². The molecular weight excluding hydrogens is 340 g/mol. The van der Waals surface area contributed by atoms with Gasteiger partial charge in [-0.2, -0.15) is 0 Å². The fraction of sp³-hybridized carbons (Fsp3) is 0.375. The third-order valence-electron chi connectivity index (χ3n) is 4.98. The number of unbranched alkanes of at least 4 members (excludes halogenated alkanes) is 1. The van der Waals surface area contributed by atoms with Gasteiger partial charge in [-0.25, -0.2) is 0 Å². The Hall–Kier alpha value is -1.86. The van der Waals surface area contributed by atoms with E-state index >= 15 is 0 Å². The van der Waals surface area contributed by atoms with Crippen molar-refractivity contribution in [3.8, 4) is 0 Å². The van der Waals surface area contributed by atoms with Crippen LogP contribution in [-0.2, 0) is 11.2 Å². The zero-order chi connectivity index (χ0) is 18.8. The second-order valence-corrected chi connectivity index (χ2v) is 7.77. The molecule has 0 aliphatic rings. The van der Waals surface area contributed by atoms with Gasteiger partial charge in [0, 0.05) is 17.4 Å². The molecule has 2 rings (SSSR count). The summed E-state index contributed by atoms with van der Waals surface area (Å²) in [5.74, 6) is 0.266. The summed E-state index contributed by atoms with van der Waals surface area (Å²) >= 11 is 6.07. The lowest BCUT2D eigenvalue weighted by molar-refractivity contribution is -0.109. The van der Waals surface area contributed by atoms with Crippen LogP contribution in [0.15, 0.2) is 66.7 Å². The molecule has 26 heavy (non-hydrogen) atoms. The maximum Gasteiger partial charge on any atom is 0.120 e. The Kier molecular flexibility index (Phi) is 8.12. The quantitative estimate of drug-likeness (QED) is 0.325. The van der Waals surface area contributed by atoms with Crippen molar-refractivity contribution in [3.05, 3.63) is 82.9 Å². The third kappa shape index (κ3) is 6.46. The molecule has 0 aromatic heterocycles. The van der Waals surface area contributed by atoms with Crippen molar-refractivity contribution >= 4 is 17.9 Å². The first-order chi connectivity index (χ1) is 12.6. The van der Waals surface area contributed by atoms with E-state index in [1.54, 1.807) is 0 Å². The van der Waals surface area contributed by atoms with Crippen molar-refractivity contribution in [2.45, 2.75) is 51.9 Å². The van der Waals surface area contributed by atoms with Crippen molar-refractivity contribution in [1.82, 2.24) is 0 Å². The standard InChI is InChI=1S/C24H29ClO/c1-3-4-15-24(2,17-18-26)16-14-22(19-20-8-6-5-7-9-20)21-10-12-23(25)13-11-21/h5-14,16,18,22H,3-4,15,17,19H2,1-2H3/b16-14+/t22-,24+/m1/s1. The van der Waals surface area contributed by atoms with E-state index < -0.39 is 0 Å². The first-order valence-corrected chi connectivity index (χ1v) is 9.86. The van der Waals surface area contributed by atoms with Gasteiger partial charge < -0.3 is 4.79 Å². The average molecular weight is 369 g/mol. The molecule has 0 aliphatic carbocycles. The molecule has 0 heterocycles. The van der Waals surface area contributed by atoms with Gasteiger partial charge in [0.05, 0.1) is 0 Å². The Morgan fingerprint density at radius 3 is 2.38 bits per heavy atom. The highest BCUT2D eigenvalue weighted by atomic mass is 35.5. The number of carbonyl (C=O) groups excluding carboxylic acids is 1. The van der Waals surface area contributed by atoms with Gasteiger partial charge in [0.2, 0.25) is 0 Å². The van der Waals surface area contributed by atoms with Gasteiger partial charge in [0.25, 0.3) is 0 Å². The van der Waals surface area contributed by atoms with Crippen LogP contribution in [0.4, 0.5) is 0 Å². The number of hydrogen-bond donors (Lipinski definition) is 0. The first kappa shape index (κ1) is 20.5. The minimum absolute atomic E-state index is 0.0703. The van der Waals surface area contributed by atoms with Crippen molar-refractivity contribution in [2.24, 2.45) is 5.41 Å². The number of benzene rings is 2. The minimum atomic E-state index is -0.0703. The Morgan fingerprint density at radius 2 is 1.77 bits per heavy atom. The van der Waals surface area contributed by atoms with E-state index in [9.17, 15) is 4.79 Å². The molecule has 138 valence electrons. The minimum Gasteiger partial charge on any atom is -0.303 e. The summed E-state index contributed by atoms with van der Waals surface area (Å²) in [4.78, 5) is 11.2. The lowest BCUT2D eigenvalue weighted by atomic mass is 9.80. The molecule has 0 radical (unpaired) electrons. The lowest BCUT2D eigenvalue weighted by Gasteiger charge is -2.25. The molecule has 0 fully saturated rings. The van der Waals surface area contributed by atoms with Crippen LogP contribution in [0.5, 0.6) is 0 Å². The van der Waals surface area contributed by atoms with Gasteiger partial charge in [0.15, 0.2) is 0 Å². The van der Waals surface area contributed by atoms with E-state index in [0.29, 0.717) is 6.42 Å². The van der Waals surface area contributed by atoms with Crippen molar-refractivity contribution in [3.63, 3.8) is 0 Å². The molecule has 0 spiro atoms. The Balaban J connectivity index is 2.26. The third-order valence-corrected chi connectivity index (χ3v) is 5.23. The van der Waals surface area contributed by atoms with Gasteiger partial charge in [-0.1, -0.05) is 92.9 Å². The molecule has 0 amide bonds. The van der Waals surface area contributed by atoms with Gasteiger partial charge in [-0.05, 0) is 41.5 Å². The van der Waals surface area contributed by atoms with E-state index in [-0.39, 0.29) is 11.3 Å². The predicted octanol–water partition coefficient (Wildman–Crippen LogP) is 7.01. The molecular formula is C24H29ClO. The van der Waals surface area contributed by atoms with E-state index in [2.05, 4.69) is 62.4 Å². The summed E-state index contributed by atoms with van der Waals surface area (Å²) < 4.78 is 0. The molecule has 2 heteroatoms. The van der Waals surface area contributed by atoms with E-state index in [1.165, 1.54) is 11.1 Å². The van der Waals surface area contributed by atoms with Gasteiger partial charge in [0.1, 0.15) is 6.29 Å². The molecule has 0 aliphatic heterocycles. The topological polar surface area (TPSA) is 17.1 Å². The number of rotatable bonds is 10. The molecule has 2 aromatic carbocycles. The Bertz CT molecular complexity index is 690. The number of hydrogen-bond acceptors (Lipinski definition) is 1. The molecule has 2 atom stereocenters. The normalized spacial score (nSPS) is 14.9. The van der Waals surface area contributed by atoms with Crippen LogP contribution in [0.2, 0.25) is 5.02 Å². The van der Waals surface area contributed by atoms with Crippen LogP contribution in [0, 0.1) is 5.41 Å². The fourth-order valence-electron chi connectivity index (χ4n) is 3.25. The summed E-state index contributed by atoms with van der Waals surface area (Å²) in [7, 11) is 0. The van der Waals surface area contributed by atoms with Crippen LogP contribution in [-0.4, -0.2) is 6.29 Å². The summed E-state index contributed by atoms with van der Waals surface area (Å²) in [6.45, 7) is 4.38. The van der Waals surface area contributed by atoms with Crippen LogP contribution < -0.4 is 0 Å². The summed E-state index contributed by atoms with van der Waals surface area (Å²) in [5, 5.41) is 0.755. The smallest absolute Gasteiger partial charge is 0.120 e. The van der Waals surface area contributed by atoms with E-state index in [4.69, 9.17) is 11.6 Å². The SMILES string of the molecule is CCCC[C@@](C)(/C=C/[C@H](Cc1ccccc1)c1ccc(Cl)cc1)CC=O. The second-order valence-electron chi connectivity index (χ2n) is 7.34. The van der Waals surface area contributed by atoms with E-state index in [0.717, 1.165) is 37.0 Å². The highest BCUT2D eigenvalue weighted by molar-refractivity contribution is 6.30. The monoisotopic (exact) mass is 368 g/mol. The average Bonchev–Trinajstić information content (AvgIpc) is 2.65. The van der Waals surface area contributed by atoms with Gasteiger partial charge in [-0.3, -0.25) is 0 Å². The number of halogens is 1. The molecule has 0 unspecified atom stereocenters. The maximum atomic E-state index is 11.2. The summed E-state index contributed by atoms with van der Waals surface area (Å²) in [6, 6.07) is 18.6. The molecule has 0 bridgehead atoms. The van der Waals surface area contributed by atoms with E-state index in [1.807, 2.05) is 18.2 Å². The maximum absolute atomic E-state index is 11.2. The number of aldehydes is 1. The summed E-state index contributed by atoms with van der Waals surface area (Å²) in [5.41, 5.74) is 2.49. The molecule has 0 N–H and O–H groups in total. The number of allylic oxidation sites excluding steroid dienone is 2. The van der Waals surface area contributed by atoms with Crippen LogP contribution >= 0.6 is 11.6 Å². The zero-order valence-electron chi connectivity index (χ0n) is 15.8. The highest BCUT2D eigenvalue weighted by Gasteiger charge is 2.21. The van der Waals surface area contributed by atoms with Crippen LogP contribution in [0.1, 0.15) is 56.6 Å². The first-order valence-electron chi connectivity index (χ1n) is 9.49. The Morgan fingerprint density at radius 1 is 1.08 bits per heavy atom. The predicted molar refractivity (Wildman–Crippen MR) is 112 cm³/mol. The largest absolute Gasteiger partial charge is 0.303 e. The van der Waals surface area contributed by atoms with Crippen molar-refractivity contribution in [1.29, 1.82) is 0 Å². The highest BCUT2D eigenvalue weighted by Crippen LogP contribution is 2.32. The second kappa shape index (κ2) is 10.3. The Labute approximate surface area is 163 Å². The van der Waals surface area contributed by atoms with Crippen LogP contribution in [0.3, 0.4) is 0 Å². The van der Waals surface area contributed by atoms with Crippen molar-refractivity contribution in [2.75, 3.05) is 0 Å². The molecule has 0 saturated heterocycles.